The van der Waals surface area contributed by atoms with Crippen LogP contribution in [0.5, 0.6) is 0 Å². The van der Waals surface area contributed by atoms with Gasteiger partial charge in [-0.1, -0.05) is 25.8 Å². The van der Waals surface area contributed by atoms with Gasteiger partial charge in [-0.3, -0.25) is 0 Å². The van der Waals surface area contributed by atoms with E-state index in [1.165, 1.54) is 12.8 Å². The third-order valence-corrected chi connectivity index (χ3v) is 3.05. The zero-order valence-electron chi connectivity index (χ0n) is 11.5. The first-order valence-corrected chi connectivity index (χ1v) is 6.66. The maximum Gasteiger partial charge on any atom is 0.335 e. The Morgan fingerprint density at radius 2 is 2.06 bits per heavy atom. The largest absolute Gasteiger partial charge is 0.478 e. The van der Waals surface area contributed by atoms with Crippen LogP contribution in [0.4, 0.5) is 5.69 Å². The van der Waals surface area contributed by atoms with Crippen molar-refractivity contribution < 1.29 is 9.90 Å². The zero-order valence-corrected chi connectivity index (χ0v) is 11.5. The minimum atomic E-state index is -0.867. The van der Waals surface area contributed by atoms with Crippen LogP contribution in [-0.2, 0) is 0 Å². The molecule has 18 heavy (non-hydrogen) atoms. The number of unbranched alkanes of at least 4 members (excludes halogenated alkanes) is 2. The number of benzene rings is 1. The summed E-state index contributed by atoms with van der Waals surface area (Å²) in [5, 5.41) is 9.03. The molecule has 1 N–H and O–H groups in total. The third kappa shape index (κ3) is 4.06. The smallest absolute Gasteiger partial charge is 0.335 e. The lowest BCUT2D eigenvalue weighted by atomic mass is 10.1. The van der Waals surface area contributed by atoms with Gasteiger partial charge in [0, 0.05) is 18.3 Å². The second kappa shape index (κ2) is 7.04. The third-order valence-electron chi connectivity index (χ3n) is 3.05. The fraction of sp³-hybridized carbons (Fsp3) is 0.533. The highest BCUT2D eigenvalue weighted by Crippen LogP contribution is 2.19. The highest BCUT2D eigenvalue weighted by molar-refractivity contribution is 5.88. The summed E-state index contributed by atoms with van der Waals surface area (Å²) in [5.41, 5.74) is 1.36. The average molecular weight is 249 g/mol. The minimum Gasteiger partial charge on any atom is -0.478 e. The molecule has 0 amide bonds. The van der Waals surface area contributed by atoms with Crippen LogP contribution in [0, 0.1) is 0 Å². The first-order chi connectivity index (χ1) is 8.56. The Morgan fingerprint density at radius 3 is 2.61 bits per heavy atom. The number of carbonyl (C=O) groups is 1. The lowest BCUT2D eigenvalue weighted by molar-refractivity contribution is 0.0697. The van der Waals surface area contributed by atoms with Gasteiger partial charge in [-0.2, -0.15) is 0 Å². The van der Waals surface area contributed by atoms with Gasteiger partial charge in [0.15, 0.2) is 0 Å². The van der Waals surface area contributed by atoms with Crippen LogP contribution in [0.1, 0.15) is 50.4 Å². The van der Waals surface area contributed by atoms with Crippen LogP contribution in [0.15, 0.2) is 24.3 Å². The van der Waals surface area contributed by atoms with Crippen LogP contribution < -0.4 is 4.90 Å². The fourth-order valence-corrected chi connectivity index (χ4v) is 2.04. The first-order valence-electron chi connectivity index (χ1n) is 6.66. The summed E-state index contributed by atoms with van der Waals surface area (Å²) in [6.45, 7) is 7.44. The second-order valence-corrected chi connectivity index (χ2v) is 4.85. The Labute approximate surface area is 109 Å². The van der Waals surface area contributed by atoms with Crippen LogP contribution in [0.3, 0.4) is 0 Å². The molecule has 0 saturated carbocycles. The number of nitrogens with zero attached hydrogens (tertiary/aromatic N) is 1. The number of aromatic carboxylic acids is 1. The molecule has 0 saturated heterocycles. The van der Waals surface area contributed by atoms with E-state index >= 15 is 0 Å². The highest BCUT2D eigenvalue weighted by Gasteiger charge is 2.12. The summed E-state index contributed by atoms with van der Waals surface area (Å²) in [7, 11) is 0. The van der Waals surface area contributed by atoms with Gasteiger partial charge in [-0.15, -0.1) is 0 Å². The quantitative estimate of drug-likeness (QED) is 0.747. The van der Waals surface area contributed by atoms with Crippen molar-refractivity contribution in [1.29, 1.82) is 0 Å². The van der Waals surface area contributed by atoms with Crippen molar-refractivity contribution in [3.05, 3.63) is 29.8 Å². The number of hydrogen-bond donors (Lipinski definition) is 1. The molecule has 0 atom stereocenters. The molecule has 1 aromatic rings. The normalized spacial score (nSPS) is 10.7. The Balaban J connectivity index is 2.84. The van der Waals surface area contributed by atoms with Gasteiger partial charge in [0.25, 0.3) is 0 Å². The van der Waals surface area contributed by atoms with Gasteiger partial charge >= 0.3 is 5.97 Å². The monoisotopic (exact) mass is 249 g/mol. The molecule has 1 aromatic carbocycles. The topological polar surface area (TPSA) is 40.5 Å². The van der Waals surface area contributed by atoms with Crippen molar-refractivity contribution in [2.45, 2.75) is 46.1 Å². The molecule has 100 valence electrons. The van der Waals surface area contributed by atoms with E-state index in [2.05, 4.69) is 25.7 Å². The van der Waals surface area contributed by atoms with Crippen molar-refractivity contribution in [3.63, 3.8) is 0 Å². The lowest BCUT2D eigenvalue weighted by Crippen LogP contribution is -2.31. The van der Waals surface area contributed by atoms with Gasteiger partial charge in [-0.05, 0) is 38.5 Å². The summed E-state index contributed by atoms with van der Waals surface area (Å²) in [6, 6.07) is 7.57. The van der Waals surface area contributed by atoms with Crippen molar-refractivity contribution >= 4 is 11.7 Å². The van der Waals surface area contributed by atoms with Gasteiger partial charge in [0.2, 0.25) is 0 Å². The van der Waals surface area contributed by atoms with E-state index < -0.39 is 5.97 Å². The van der Waals surface area contributed by atoms with Gasteiger partial charge in [0.05, 0.1) is 5.56 Å². The van der Waals surface area contributed by atoms with Gasteiger partial charge in [0.1, 0.15) is 0 Å². The van der Waals surface area contributed by atoms with E-state index in [1.54, 1.807) is 12.1 Å². The number of rotatable bonds is 7. The summed E-state index contributed by atoms with van der Waals surface area (Å²) < 4.78 is 0. The van der Waals surface area contributed by atoms with E-state index in [9.17, 15) is 4.79 Å². The summed E-state index contributed by atoms with van der Waals surface area (Å²) in [4.78, 5) is 13.3. The van der Waals surface area contributed by atoms with Gasteiger partial charge in [-0.25, -0.2) is 4.79 Å². The lowest BCUT2D eigenvalue weighted by Gasteiger charge is -2.29. The fourth-order valence-electron chi connectivity index (χ4n) is 2.04. The highest BCUT2D eigenvalue weighted by atomic mass is 16.4. The molecule has 0 heterocycles. The summed E-state index contributed by atoms with van der Waals surface area (Å²) >= 11 is 0. The zero-order chi connectivity index (χ0) is 13.5. The number of carboxylic acids is 1. The average Bonchev–Trinajstić information content (AvgIpc) is 2.34. The van der Waals surface area contributed by atoms with E-state index in [0.29, 0.717) is 11.6 Å². The van der Waals surface area contributed by atoms with Crippen LogP contribution in [0.2, 0.25) is 0 Å². The molecular formula is C15H23NO2. The Bertz CT molecular complexity index is 388. The van der Waals surface area contributed by atoms with E-state index in [4.69, 9.17) is 5.11 Å². The van der Waals surface area contributed by atoms with Crippen molar-refractivity contribution in [2.24, 2.45) is 0 Å². The summed E-state index contributed by atoms with van der Waals surface area (Å²) in [6.07, 6.45) is 3.55. The number of anilines is 1. The number of carboxylic acid groups (broad SMARTS) is 1. The molecule has 0 bridgehead atoms. The molecule has 1 rings (SSSR count). The maximum absolute atomic E-state index is 11.0. The molecule has 0 radical (unpaired) electrons. The first kappa shape index (κ1) is 14.6. The Kier molecular flexibility index (Phi) is 5.69. The predicted octanol–water partition coefficient (Wildman–Crippen LogP) is 3.79. The minimum absolute atomic E-state index is 0.355. The van der Waals surface area contributed by atoms with E-state index in [-0.39, 0.29) is 0 Å². The van der Waals surface area contributed by atoms with E-state index in [1.807, 2.05) is 12.1 Å². The SMILES string of the molecule is CCCCCN(c1cccc(C(=O)O)c1)C(C)C. The molecule has 0 aliphatic heterocycles. The van der Waals surface area contributed by atoms with Crippen molar-refractivity contribution in [1.82, 2.24) is 0 Å². The molecule has 0 unspecified atom stereocenters. The van der Waals surface area contributed by atoms with Crippen LogP contribution >= 0.6 is 0 Å². The molecule has 0 spiro atoms. The standard InChI is InChI=1S/C15H23NO2/c1-4-5-6-10-16(12(2)3)14-9-7-8-13(11-14)15(17)18/h7-9,11-12H,4-6,10H2,1-3H3,(H,17,18). The molecule has 3 nitrogen and oxygen atoms in total. The Morgan fingerprint density at radius 1 is 1.33 bits per heavy atom. The molecular weight excluding hydrogens is 226 g/mol. The van der Waals surface area contributed by atoms with Gasteiger partial charge < -0.3 is 10.0 Å². The molecule has 0 fully saturated rings. The van der Waals surface area contributed by atoms with E-state index in [0.717, 1.165) is 18.7 Å². The molecule has 0 aliphatic rings. The predicted molar refractivity (Wildman–Crippen MR) is 75.4 cm³/mol. The Hall–Kier alpha value is -1.51. The van der Waals surface area contributed by atoms with Crippen LogP contribution in [0.25, 0.3) is 0 Å². The molecule has 0 aromatic heterocycles. The number of hydrogen-bond acceptors (Lipinski definition) is 2. The second-order valence-electron chi connectivity index (χ2n) is 4.85. The summed E-state index contributed by atoms with van der Waals surface area (Å²) in [5.74, 6) is -0.867. The van der Waals surface area contributed by atoms with Crippen LogP contribution in [-0.4, -0.2) is 23.7 Å². The van der Waals surface area contributed by atoms with Crippen molar-refractivity contribution in [3.8, 4) is 0 Å². The molecule has 0 aliphatic carbocycles. The molecule has 3 heteroatoms. The maximum atomic E-state index is 11.0. The van der Waals surface area contributed by atoms with Crippen molar-refractivity contribution in [2.75, 3.05) is 11.4 Å².